The Labute approximate surface area is 91.3 Å². The highest BCUT2D eigenvalue weighted by atomic mass is 35.5. The van der Waals surface area contributed by atoms with Crippen LogP contribution in [0.25, 0.3) is 0 Å². The third-order valence-electron chi connectivity index (χ3n) is 3.38. The molecule has 0 bridgehead atoms. The van der Waals surface area contributed by atoms with Crippen molar-refractivity contribution < 1.29 is 0 Å². The van der Waals surface area contributed by atoms with E-state index in [1.807, 2.05) is 0 Å². The molecule has 1 aromatic carbocycles. The number of fused-ring (bicyclic) bond motifs is 1. The van der Waals surface area contributed by atoms with Crippen LogP contribution in [0.2, 0.25) is 5.02 Å². The van der Waals surface area contributed by atoms with Crippen LogP contribution < -0.4 is 0 Å². The summed E-state index contributed by atoms with van der Waals surface area (Å²) >= 11 is 6.10. The number of halogens is 1. The summed E-state index contributed by atoms with van der Waals surface area (Å²) in [5.74, 6) is 1.46. The maximum Gasteiger partial charge on any atom is 0.0411 e. The molecule has 0 aromatic heterocycles. The van der Waals surface area contributed by atoms with Crippen molar-refractivity contribution in [3.63, 3.8) is 0 Å². The fourth-order valence-electron chi connectivity index (χ4n) is 2.62. The second-order valence-corrected chi connectivity index (χ2v) is 5.12. The molecule has 76 valence electrons. The lowest BCUT2D eigenvalue weighted by atomic mass is 9.89. The normalized spacial score (nSPS) is 20.2. The lowest BCUT2D eigenvalue weighted by Crippen LogP contribution is -2.02. The minimum Gasteiger partial charge on any atom is -0.0843 e. The van der Waals surface area contributed by atoms with E-state index in [-0.39, 0.29) is 0 Å². The average Bonchev–Trinajstić information content (AvgIpc) is 2.47. The highest BCUT2D eigenvalue weighted by Crippen LogP contribution is 2.40. The Morgan fingerprint density at radius 1 is 1.36 bits per heavy atom. The van der Waals surface area contributed by atoms with E-state index in [1.54, 1.807) is 5.56 Å². The second-order valence-electron chi connectivity index (χ2n) is 4.68. The number of aryl methyl sites for hydroxylation is 1. The summed E-state index contributed by atoms with van der Waals surface area (Å²) in [6.45, 7) is 6.78. The van der Waals surface area contributed by atoms with Crippen LogP contribution in [-0.4, -0.2) is 0 Å². The van der Waals surface area contributed by atoms with Crippen LogP contribution >= 0.6 is 11.6 Å². The maximum absolute atomic E-state index is 6.10. The maximum atomic E-state index is 6.10. The summed E-state index contributed by atoms with van der Waals surface area (Å²) in [4.78, 5) is 0. The highest BCUT2D eigenvalue weighted by molar-refractivity contribution is 6.30. The number of hydrogen-bond donors (Lipinski definition) is 0. The van der Waals surface area contributed by atoms with Crippen molar-refractivity contribution in [2.75, 3.05) is 0 Å². The summed E-state index contributed by atoms with van der Waals surface area (Å²) in [5, 5.41) is 0.897. The topological polar surface area (TPSA) is 0 Å². The van der Waals surface area contributed by atoms with Crippen LogP contribution in [0.4, 0.5) is 0 Å². The van der Waals surface area contributed by atoms with Gasteiger partial charge in [-0.1, -0.05) is 25.4 Å². The van der Waals surface area contributed by atoms with Gasteiger partial charge in [0.15, 0.2) is 0 Å². The Hall–Kier alpha value is -0.490. The molecule has 1 aliphatic rings. The number of benzene rings is 1. The molecule has 0 N–H and O–H groups in total. The molecular weight excluding hydrogens is 192 g/mol. The fraction of sp³-hybridized carbons (Fsp3) is 0.538. The van der Waals surface area contributed by atoms with Gasteiger partial charge in [-0.05, 0) is 60.4 Å². The van der Waals surface area contributed by atoms with E-state index in [2.05, 4.69) is 32.9 Å². The van der Waals surface area contributed by atoms with Crippen LogP contribution in [-0.2, 0) is 6.42 Å². The average molecular weight is 209 g/mol. The molecule has 1 aliphatic carbocycles. The Morgan fingerprint density at radius 3 is 2.71 bits per heavy atom. The minimum atomic E-state index is 0.724. The van der Waals surface area contributed by atoms with Gasteiger partial charge in [0.05, 0.1) is 0 Å². The first kappa shape index (κ1) is 10.0. The Bertz CT molecular complexity index is 352. The van der Waals surface area contributed by atoms with E-state index in [0.29, 0.717) is 0 Å². The molecule has 1 unspecified atom stereocenters. The third kappa shape index (κ3) is 1.56. The highest BCUT2D eigenvalue weighted by Gasteiger charge is 2.26. The first-order valence-corrected chi connectivity index (χ1v) is 5.76. The van der Waals surface area contributed by atoms with Crippen molar-refractivity contribution in [3.8, 4) is 0 Å². The summed E-state index contributed by atoms with van der Waals surface area (Å²) < 4.78 is 0. The molecule has 0 heterocycles. The van der Waals surface area contributed by atoms with E-state index >= 15 is 0 Å². The van der Waals surface area contributed by atoms with Gasteiger partial charge in [0.1, 0.15) is 0 Å². The van der Waals surface area contributed by atoms with Crippen molar-refractivity contribution in [3.05, 3.63) is 33.8 Å². The predicted molar refractivity (Wildman–Crippen MR) is 62.1 cm³/mol. The minimum absolute atomic E-state index is 0.724. The number of rotatable bonds is 1. The molecular formula is C13H17Cl. The van der Waals surface area contributed by atoms with Crippen LogP contribution in [0.3, 0.4) is 0 Å². The van der Waals surface area contributed by atoms with Crippen molar-refractivity contribution in [1.29, 1.82) is 0 Å². The predicted octanol–water partition coefficient (Wildman–Crippen LogP) is 4.33. The van der Waals surface area contributed by atoms with Gasteiger partial charge in [0.2, 0.25) is 0 Å². The summed E-state index contributed by atoms with van der Waals surface area (Å²) in [6.07, 6.45) is 2.54. The van der Waals surface area contributed by atoms with E-state index in [9.17, 15) is 0 Å². The lowest BCUT2D eigenvalue weighted by molar-refractivity contribution is 0.496. The van der Waals surface area contributed by atoms with E-state index in [0.717, 1.165) is 16.9 Å². The monoisotopic (exact) mass is 208 g/mol. The SMILES string of the molecule is Cc1cc(Cl)cc2c1CCC2C(C)C. The van der Waals surface area contributed by atoms with Gasteiger partial charge in [-0.2, -0.15) is 0 Å². The molecule has 0 fully saturated rings. The second kappa shape index (κ2) is 3.58. The van der Waals surface area contributed by atoms with Crippen molar-refractivity contribution in [2.45, 2.75) is 39.5 Å². The summed E-state index contributed by atoms with van der Waals surface area (Å²) in [5.41, 5.74) is 4.42. The lowest BCUT2D eigenvalue weighted by Gasteiger charge is -2.16. The first-order valence-electron chi connectivity index (χ1n) is 5.38. The van der Waals surface area contributed by atoms with Gasteiger partial charge < -0.3 is 0 Å². The van der Waals surface area contributed by atoms with Crippen LogP contribution in [0.5, 0.6) is 0 Å². The van der Waals surface area contributed by atoms with Gasteiger partial charge in [0.25, 0.3) is 0 Å². The molecule has 1 heteroatoms. The zero-order valence-electron chi connectivity index (χ0n) is 9.10. The molecule has 1 atom stereocenters. The molecule has 0 nitrogen and oxygen atoms in total. The zero-order chi connectivity index (χ0) is 10.3. The van der Waals surface area contributed by atoms with Crippen LogP contribution in [0.15, 0.2) is 12.1 Å². The van der Waals surface area contributed by atoms with Gasteiger partial charge in [-0.3, -0.25) is 0 Å². The molecule has 0 saturated heterocycles. The Balaban J connectivity index is 2.49. The van der Waals surface area contributed by atoms with Gasteiger partial charge in [-0.15, -0.1) is 0 Å². The van der Waals surface area contributed by atoms with Crippen LogP contribution in [0.1, 0.15) is 42.9 Å². The van der Waals surface area contributed by atoms with Crippen molar-refractivity contribution >= 4 is 11.6 Å². The fourth-order valence-corrected chi connectivity index (χ4v) is 2.90. The quantitative estimate of drug-likeness (QED) is 0.645. The van der Waals surface area contributed by atoms with E-state index in [1.165, 1.54) is 24.0 Å². The zero-order valence-corrected chi connectivity index (χ0v) is 9.86. The smallest absolute Gasteiger partial charge is 0.0411 e. The molecule has 14 heavy (non-hydrogen) atoms. The number of hydrogen-bond acceptors (Lipinski definition) is 0. The van der Waals surface area contributed by atoms with Gasteiger partial charge in [0, 0.05) is 5.02 Å². The molecule has 0 aliphatic heterocycles. The summed E-state index contributed by atoms with van der Waals surface area (Å²) in [7, 11) is 0. The standard InChI is InChI=1S/C13H17Cl/c1-8(2)11-4-5-12-9(3)6-10(14)7-13(11)12/h6-8,11H,4-5H2,1-3H3. The molecule has 2 rings (SSSR count). The Morgan fingerprint density at radius 2 is 2.07 bits per heavy atom. The molecule has 0 saturated carbocycles. The van der Waals surface area contributed by atoms with E-state index < -0.39 is 0 Å². The van der Waals surface area contributed by atoms with Crippen molar-refractivity contribution in [2.24, 2.45) is 5.92 Å². The van der Waals surface area contributed by atoms with Gasteiger partial charge in [-0.25, -0.2) is 0 Å². The molecule has 0 spiro atoms. The van der Waals surface area contributed by atoms with Crippen molar-refractivity contribution in [1.82, 2.24) is 0 Å². The van der Waals surface area contributed by atoms with Crippen LogP contribution in [0, 0.1) is 12.8 Å². The molecule has 0 radical (unpaired) electrons. The third-order valence-corrected chi connectivity index (χ3v) is 3.60. The summed E-state index contributed by atoms with van der Waals surface area (Å²) in [6, 6.07) is 4.25. The van der Waals surface area contributed by atoms with Gasteiger partial charge >= 0.3 is 0 Å². The largest absolute Gasteiger partial charge is 0.0843 e. The Kier molecular flexibility index (Phi) is 2.57. The molecule has 1 aromatic rings. The van der Waals surface area contributed by atoms with E-state index in [4.69, 9.17) is 11.6 Å². The first-order chi connectivity index (χ1) is 6.59. The molecule has 0 amide bonds.